The Morgan fingerprint density at radius 2 is 1.52 bits per heavy atom. The molecule has 3 heteroatoms. The Morgan fingerprint density at radius 3 is 2.33 bits per heavy atom. The molecule has 0 atom stereocenters. The van der Waals surface area contributed by atoms with Crippen molar-refractivity contribution in [2.75, 3.05) is 5.73 Å². The van der Waals surface area contributed by atoms with Crippen molar-refractivity contribution in [3.63, 3.8) is 0 Å². The van der Waals surface area contributed by atoms with E-state index in [1.165, 1.54) is 4.90 Å². The highest BCUT2D eigenvalue weighted by Gasteiger charge is 2.06. The maximum absolute atomic E-state index is 5.96. The normalized spacial score (nSPS) is 10.3. The van der Waals surface area contributed by atoms with Gasteiger partial charge in [0, 0.05) is 16.6 Å². The van der Waals surface area contributed by atoms with Crippen molar-refractivity contribution in [1.29, 1.82) is 0 Å². The van der Waals surface area contributed by atoms with Crippen molar-refractivity contribution in [3.8, 4) is 11.5 Å². The third-order valence-electron chi connectivity index (χ3n) is 2.91. The van der Waals surface area contributed by atoms with E-state index in [1.807, 2.05) is 60.7 Å². The summed E-state index contributed by atoms with van der Waals surface area (Å²) in [6.45, 7) is 0. The van der Waals surface area contributed by atoms with Gasteiger partial charge in [-0.05, 0) is 36.4 Å². The first kappa shape index (κ1) is 13.6. The van der Waals surface area contributed by atoms with Gasteiger partial charge < -0.3 is 10.5 Å². The smallest absolute Gasteiger partial charge is 0.141 e. The Morgan fingerprint density at radius 1 is 0.762 bits per heavy atom. The van der Waals surface area contributed by atoms with Crippen molar-refractivity contribution in [2.24, 2.45) is 0 Å². The molecule has 0 bridgehead atoms. The number of nitrogen functional groups attached to an aromatic ring is 1. The van der Waals surface area contributed by atoms with Crippen LogP contribution in [0.2, 0.25) is 0 Å². The minimum Gasteiger partial charge on any atom is -0.456 e. The summed E-state index contributed by atoms with van der Waals surface area (Å²) in [6.07, 6.45) is 0. The molecule has 3 aromatic rings. The third kappa shape index (κ3) is 3.58. The van der Waals surface area contributed by atoms with E-state index in [0.717, 1.165) is 16.4 Å². The zero-order valence-corrected chi connectivity index (χ0v) is 12.2. The van der Waals surface area contributed by atoms with Gasteiger partial charge in [0.1, 0.15) is 11.5 Å². The lowest BCUT2D eigenvalue weighted by molar-refractivity contribution is 0.471. The van der Waals surface area contributed by atoms with Crippen LogP contribution >= 0.6 is 11.8 Å². The highest BCUT2D eigenvalue weighted by atomic mass is 32.2. The molecule has 0 aliphatic rings. The summed E-state index contributed by atoms with van der Waals surface area (Å²) in [5, 5.41) is 0. The Hall–Kier alpha value is -2.39. The van der Waals surface area contributed by atoms with Crippen LogP contribution in [0.15, 0.2) is 88.7 Å². The van der Waals surface area contributed by atoms with Gasteiger partial charge in [0.25, 0.3) is 0 Å². The van der Waals surface area contributed by atoms with Crippen LogP contribution in [0, 0.1) is 0 Å². The van der Waals surface area contributed by atoms with E-state index in [2.05, 4.69) is 18.2 Å². The second kappa shape index (κ2) is 6.37. The highest BCUT2D eigenvalue weighted by Crippen LogP contribution is 2.37. The van der Waals surface area contributed by atoms with Gasteiger partial charge in [-0.1, -0.05) is 48.2 Å². The summed E-state index contributed by atoms with van der Waals surface area (Å²) in [5.74, 6) is 1.58. The number of para-hydroxylation sites is 1. The standard InChI is InChI=1S/C18H15NOS/c19-14-7-6-8-15(13-14)20-17-11-4-5-12-18(17)21-16-9-2-1-3-10-16/h1-13H,19H2. The first-order valence-electron chi connectivity index (χ1n) is 6.66. The number of hydrogen-bond acceptors (Lipinski definition) is 3. The summed E-state index contributed by atoms with van der Waals surface area (Å²) in [4.78, 5) is 2.26. The predicted molar refractivity (Wildman–Crippen MR) is 87.9 cm³/mol. The lowest BCUT2D eigenvalue weighted by Crippen LogP contribution is -1.89. The topological polar surface area (TPSA) is 35.2 Å². The molecule has 21 heavy (non-hydrogen) atoms. The molecule has 3 aromatic carbocycles. The molecule has 3 rings (SSSR count). The molecule has 0 amide bonds. The van der Waals surface area contributed by atoms with Crippen LogP contribution in [0.25, 0.3) is 0 Å². The fraction of sp³-hybridized carbons (Fsp3) is 0. The summed E-state index contributed by atoms with van der Waals surface area (Å²) in [5.41, 5.74) is 6.48. The summed E-state index contributed by atoms with van der Waals surface area (Å²) >= 11 is 1.68. The van der Waals surface area contributed by atoms with Gasteiger partial charge in [0.2, 0.25) is 0 Å². The second-order valence-corrected chi connectivity index (χ2v) is 5.65. The van der Waals surface area contributed by atoms with Crippen LogP contribution < -0.4 is 10.5 Å². The molecule has 0 aliphatic carbocycles. The van der Waals surface area contributed by atoms with Crippen LogP contribution in [-0.4, -0.2) is 0 Å². The molecular formula is C18H15NOS. The molecule has 0 aromatic heterocycles. The largest absolute Gasteiger partial charge is 0.456 e. The van der Waals surface area contributed by atoms with E-state index in [9.17, 15) is 0 Å². The lowest BCUT2D eigenvalue weighted by atomic mass is 10.3. The van der Waals surface area contributed by atoms with Gasteiger partial charge in [0.05, 0.1) is 4.90 Å². The van der Waals surface area contributed by atoms with Crippen LogP contribution in [0.1, 0.15) is 0 Å². The average Bonchev–Trinajstić information content (AvgIpc) is 2.50. The van der Waals surface area contributed by atoms with Crippen molar-refractivity contribution in [3.05, 3.63) is 78.9 Å². The number of ether oxygens (including phenoxy) is 1. The van der Waals surface area contributed by atoms with Crippen LogP contribution in [0.3, 0.4) is 0 Å². The molecule has 0 saturated carbocycles. The minimum absolute atomic E-state index is 0.695. The molecule has 104 valence electrons. The maximum Gasteiger partial charge on any atom is 0.141 e. The van der Waals surface area contributed by atoms with Gasteiger partial charge in [-0.3, -0.25) is 0 Å². The molecule has 0 radical (unpaired) electrons. The molecule has 0 aliphatic heterocycles. The van der Waals surface area contributed by atoms with Crippen molar-refractivity contribution >= 4 is 17.4 Å². The van der Waals surface area contributed by atoms with Crippen molar-refractivity contribution < 1.29 is 4.74 Å². The van der Waals surface area contributed by atoms with Gasteiger partial charge in [-0.2, -0.15) is 0 Å². The predicted octanol–water partition coefficient (Wildman–Crippen LogP) is 5.21. The average molecular weight is 293 g/mol. The van der Waals surface area contributed by atoms with E-state index >= 15 is 0 Å². The van der Waals surface area contributed by atoms with Crippen molar-refractivity contribution in [2.45, 2.75) is 9.79 Å². The molecular weight excluding hydrogens is 278 g/mol. The summed E-state index contributed by atoms with van der Waals surface area (Å²) in [6, 6.07) is 25.7. The Bertz CT molecular complexity index is 728. The van der Waals surface area contributed by atoms with Crippen LogP contribution in [0.5, 0.6) is 11.5 Å². The van der Waals surface area contributed by atoms with Gasteiger partial charge in [-0.25, -0.2) is 0 Å². The van der Waals surface area contributed by atoms with Crippen LogP contribution in [-0.2, 0) is 0 Å². The first-order chi connectivity index (χ1) is 10.3. The van der Waals surface area contributed by atoms with E-state index < -0.39 is 0 Å². The number of anilines is 1. The summed E-state index contributed by atoms with van der Waals surface area (Å²) in [7, 11) is 0. The maximum atomic E-state index is 5.96. The van der Waals surface area contributed by atoms with E-state index in [4.69, 9.17) is 10.5 Å². The van der Waals surface area contributed by atoms with E-state index in [1.54, 1.807) is 11.8 Å². The molecule has 0 spiro atoms. The minimum atomic E-state index is 0.695. The fourth-order valence-electron chi connectivity index (χ4n) is 1.94. The highest BCUT2D eigenvalue weighted by molar-refractivity contribution is 7.99. The number of rotatable bonds is 4. The zero-order chi connectivity index (χ0) is 14.5. The lowest BCUT2D eigenvalue weighted by Gasteiger charge is -2.11. The van der Waals surface area contributed by atoms with Gasteiger partial charge in [-0.15, -0.1) is 0 Å². The Kier molecular flexibility index (Phi) is 4.12. The van der Waals surface area contributed by atoms with E-state index in [0.29, 0.717) is 5.69 Å². The molecule has 0 heterocycles. The molecule has 0 unspecified atom stereocenters. The third-order valence-corrected chi connectivity index (χ3v) is 3.97. The summed E-state index contributed by atoms with van der Waals surface area (Å²) < 4.78 is 5.96. The number of nitrogens with two attached hydrogens (primary N) is 1. The Balaban J connectivity index is 1.86. The first-order valence-corrected chi connectivity index (χ1v) is 7.48. The number of hydrogen-bond donors (Lipinski definition) is 1. The molecule has 2 N–H and O–H groups in total. The quantitative estimate of drug-likeness (QED) is 0.670. The van der Waals surface area contributed by atoms with Gasteiger partial charge in [0.15, 0.2) is 0 Å². The zero-order valence-electron chi connectivity index (χ0n) is 11.4. The monoisotopic (exact) mass is 293 g/mol. The Labute approximate surface area is 128 Å². The van der Waals surface area contributed by atoms with E-state index in [-0.39, 0.29) is 0 Å². The number of benzene rings is 3. The second-order valence-electron chi connectivity index (χ2n) is 4.54. The molecule has 0 saturated heterocycles. The molecule has 0 fully saturated rings. The van der Waals surface area contributed by atoms with Crippen LogP contribution in [0.4, 0.5) is 5.69 Å². The van der Waals surface area contributed by atoms with Crippen molar-refractivity contribution in [1.82, 2.24) is 0 Å². The van der Waals surface area contributed by atoms with Gasteiger partial charge >= 0.3 is 0 Å². The fourth-order valence-corrected chi connectivity index (χ4v) is 2.84. The molecule has 2 nitrogen and oxygen atoms in total. The SMILES string of the molecule is Nc1cccc(Oc2ccccc2Sc2ccccc2)c1.